The summed E-state index contributed by atoms with van der Waals surface area (Å²) in [6, 6.07) is 11.6. The third-order valence-electron chi connectivity index (χ3n) is 5.84. The first-order valence-electron chi connectivity index (χ1n) is 11.1. The predicted octanol–water partition coefficient (Wildman–Crippen LogP) is 2.91. The van der Waals surface area contributed by atoms with E-state index in [1.165, 1.54) is 22.7 Å². The van der Waals surface area contributed by atoms with Crippen LogP contribution in [-0.2, 0) is 33.2 Å². The predicted molar refractivity (Wildman–Crippen MR) is 126 cm³/mol. The Morgan fingerprint density at radius 1 is 1.14 bits per heavy atom. The zero-order valence-electron chi connectivity index (χ0n) is 19.3. The highest BCUT2D eigenvalue weighted by Crippen LogP contribution is 2.28. The Morgan fingerprint density at radius 3 is 2.69 bits per heavy atom. The number of carbonyl (C=O) groups is 1. The second kappa shape index (κ2) is 9.25. The zero-order chi connectivity index (χ0) is 24.6. The minimum absolute atomic E-state index is 0.0927. The van der Waals surface area contributed by atoms with Gasteiger partial charge in [-0.05, 0) is 42.8 Å². The average Bonchev–Trinajstić information content (AvgIpc) is 3.51. The Balaban J connectivity index is 1.41. The van der Waals surface area contributed by atoms with Gasteiger partial charge in [-0.1, -0.05) is 12.1 Å². The highest BCUT2D eigenvalue weighted by atomic mass is 32.2. The van der Waals surface area contributed by atoms with Gasteiger partial charge < -0.3 is 13.9 Å². The highest BCUT2D eigenvalue weighted by molar-refractivity contribution is 7.89. The normalized spacial score (nSPS) is 14.9. The van der Waals surface area contributed by atoms with Crippen molar-refractivity contribution < 1.29 is 27.1 Å². The van der Waals surface area contributed by atoms with E-state index in [-0.39, 0.29) is 11.5 Å². The molecule has 0 saturated carbocycles. The van der Waals surface area contributed by atoms with Crippen LogP contribution in [0.25, 0.3) is 22.5 Å². The first kappa shape index (κ1) is 23.2. The van der Waals surface area contributed by atoms with Gasteiger partial charge in [0, 0.05) is 20.1 Å². The molecule has 5 rings (SSSR count). The summed E-state index contributed by atoms with van der Waals surface area (Å²) in [4.78, 5) is 17.9. The molecule has 1 aliphatic heterocycles. The lowest BCUT2D eigenvalue weighted by molar-refractivity contribution is 0.0474. The van der Waals surface area contributed by atoms with Crippen molar-refractivity contribution in [2.24, 2.45) is 7.05 Å². The van der Waals surface area contributed by atoms with Gasteiger partial charge in [-0.3, -0.25) is 4.68 Å². The number of morpholine rings is 1. The van der Waals surface area contributed by atoms with Gasteiger partial charge >= 0.3 is 5.97 Å². The summed E-state index contributed by atoms with van der Waals surface area (Å²) in [6.07, 6.45) is 1.53. The molecule has 10 nitrogen and oxygen atoms in total. The van der Waals surface area contributed by atoms with E-state index < -0.39 is 16.0 Å². The lowest BCUT2D eigenvalue weighted by Crippen LogP contribution is -2.40. The van der Waals surface area contributed by atoms with E-state index in [1.807, 2.05) is 0 Å². The molecule has 35 heavy (non-hydrogen) atoms. The van der Waals surface area contributed by atoms with Crippen molar-refractivity contribution in [2.45, 2.75) is 18.4 Å². The van der Waals surface area contributed by atoms with E-state index in [1.54, 1.807) is 49.0 Å². The molecule has 1 aliphatic rings. The van der Waals surface area contributed by atoms with Gasteiger partial charge in [0.25, 0.3) is 0 Å². The number of aryl methyl sites for hydroxylation is 2. The molecule has 1 fully saturated rings. The molecule has 0 radical (unpaired) electrons. The van der Waals surface area contributed by atoms with Crippen LogP contribution in [0.4, 0.5) is 0 Å². The summed E-state index contributed by atoms with van der Waals surface area (Å²) in [5.41, 5.74) is 2.53. The van der Waals surface area contributed by atoms with Crippen LogP contribution in [-0.4, -0.2) is 59.8 Å². The number of carbonyl (C=O) groups excluding carboxylic acids is 1. The fourth-order valence-electron chi connectivity index (χ4n) is 4.11. The quantitative estimate of drug-likeness (QED) is 0.374. The fraction of sp³-hybridized carbons (Fsp3) is 0.292. The van der Waals surface area contributed by atoms with Crippen molar-refractivity contribution in [2.75, 3.05) is 26.3 Å². The zero-order valence-corrected chi connectivity index (χ0v) is 20.1. The van der Waals surface area contributed by atoms with Crippen LogP contribution < -0.4 is 0 Å². The molecule has 0 aliphatic carbocycles. The molecule has 182 valence electrons. The molecule has 4 aromatic rings. The molecular weight excluding hydrogens is 472 g/mol. The number of nitrogens with zero attached hydrogens (tertiary/aromatic N) is 4. The number of hydrogen-bond donors (Lipinski definition) is 0. The third kappa shape index (κ3) is 4.45. The monoisotopic (exact) mass is 496 g/mol. The maximum Gasteiger partial charge on any atom is 0.339 e. The lowest BCUT2D eigenvalue weighted by Gasteiger charge is -2.26. The van der Waals surface area contributed by atoms with Crippen molar-refractivity contribution in [3.05, 3.63) is 65.5 Å². The molecule has 0 spiro atoms. The molecule has 4 heterocycles. The number of benzene rings is 1. The summed E-state index contributed by atoms with van der Waals surface area (Å²) in [5.74, 6) is -0.0523. The van der Waals surface area contributed by atoms with Gasteiger partial charge in [0.1, 0.15) is 12.3 Å². The van der Waals surface area contributed by atoms with Crippen LogP contribution in [0, 0.1) is 6.92 Å². The molecular formula is C24H24N4O6S. The average molecular weight is 497 g/mol. The smallest absolute Gasteiger partial charge is 0.339 e. The maximum atomic E-state index is 13.2. The summed E-state index contributed by atoms with van der Waals surface area (Å²) in [7, 11) is -1.90. The summed E-state index contributed by atoms with van der Waals surface area (Å²) in [5, 5.41) is 4.99. The summed E-state index contributed by atoms with van der Waals surface area (Å²) < 4.78 is 45.3. The van der Waals surface area contributed by atoms with Crippen molar-refractivity contribution in [3.63, 3.8) is 0 Å². The van der Waals surface area contributed by atoms with Gasteiger partial charge in [-0.2, -0.15) is 9.40 Å². The lowest BCUT2D eigenvalue weighted by atomic mass is 10.1. The van der Waals surface area contributed by atoms with Crippen LogP contribution in [0.5, 0.6) is 0 Å². The van der Waals surface area contributed by atoms with E-state index in [2.05, 4.69) is 10.1 Å². The SMILES string of the molecule is Cc1nn(C)c2nc(-c3ccco3)cc(C(=O)OCc3cccc(S(=O)(=O)N4CCOCC4)c3)c12. The number of rotatable bonds is 6. The molecule has 0 unspecified atom stereocenters. The minimum Gasteiger partial charge on any atom is -0.463 e. The Hall–Kier alpha value is -3.54. The van der Waals surface area contributed by atoms with Gasteiger partial charge in [0.15, 0.2) is 11.4 Å². The second-order valence-electron chi connectivity index (χ2n) is 8.18. The second-order valence-corrected chi connectivity index (χ2v) is 10.1. The number of sulfonamides is 1. The Labute approximate surface area is 202 Å². The minimum atomic E-state index is -3.65. The van der Waals surface area contributed by atoms with Gasteiger partial charge in [-0.15, -0.1) is 0 Å². The molecule has 1 saturated heterocycles. The Kier molecular flexibility index (Phi) is 6.13. The van der Waals surface area contributed by atoms with Crippen molar-refractivity contribution >= 4 is 27.0 Å². The third-order valence-corrected chi connectivity index (χ3v) is 7.73. The van der Waals surface area contributed by atoms with E-state index in [0.29, 0.717) is 65.6 Å². The number of ether oxygens (including phenoxy) is 2. The molecule has 0 N–H and O–H groups in total. The molecule has 0 amide bonds. The number of aromatic nitrogens is 3. The molecule has 0 atom stereocenters. The number of furan rings is 1. The molecule has 0 bridgehead atoms. The molecule has 1 aromatic carbocycles. The van der Waals surface area contributed by atoms with Crippen LogP contribution in [0.2, 0.25) is 0 Å². The van der Waals surface area contributed by atoms with Crippen molar-refractivity contribution in [3.8, 4) is 11.5 Å². The Morgan fingerprint density at radius 2 is 1.94 bits per heavy atom. The highest BCUT2D eigenvalue weighted by Gasteiger charge is 2.27. The van der Waals surface area contributed by atoms with Crippen LogP contribution in [0.3, 0.4) is 0 Å². The summed E-state index contributed by atoms with van der Waals surface area (Å²) >= 11 is 0. The first-order valence-corrected chi connectivity index (χ1v) is 12.5. The van der Waals surface area contributed by atoms with Crippen molar-refractivity contribution in [1.29, 1.82) is 0 Å². The van der Waals surface area contributed by atoms with E-state index in [0.717, 1.165) is 0 Å². The maximum absolute atomic E-state index is 13.2. The van der Waals surface area contributed by atoms with E-state index >= 15 is 0 Å². The molecule has 3 aromatic heterocycles. The number of hydrogen-bond acceptors (Lipinski definition) is 8. The fourth-order valence-corrected chi connectivity index (χ4v) is 5.59. The van der Waals surface area contributed by atoms with E-state index in [9.17, 15) is 13.2 Å². The van der Waals surface area contributed by atoms with Crippen molar-refractivity contribution in [1.82, 2.24) is 19.1 Å². The van der Waals surface area contributed by atoms with Crippen LogP contribution in [0.15, 0.2) is 58.0 Å². The standard InChI is InChI=1S/C24H24N4O6S/c1-16-22-19(14-20(21-7-4-10-33-21)25-23(22)27(2)26-16)24(29)34-15-17-5-3-6-18(13-17)35(30,31)28-8-11-32-12-9-28/h3-7,10,13-14H,8-9,11-12,15H2,1-2H3. The van der Waals surface area contributed by atoms with Crippen LogP contribution in [0.1, 0.15) is 21.6 Å². The van der Waals surface area contributed by atoms with E-state index in [4.69, 9.17) is 13.9 Å². The molecule has 11 heteroatoms. The topological polar surface area (TPSA) is 117 Å². The Bertz CT molecular complexity index is 1490. The van der Waals surface area contributed by atoms with Gasteiger partial charge in [0.05, 0.1) is 41.0 Å². The first-order chi connectivity index (χ1) is 16.8. The van der Waals surface area contributed by atoms with Crippen LogP contribution >= 0.6 is 0 Å². The number of esters is 1. The van der Waals surface area contributed by atoms with Gasteiger partial charge in [0.2, 0.25) is 10.0 Å². The summed E-state index contributed by atoms with van der Waals surface area (Å²) in [6.45, 7) is 3.05. The largest absolute Gasteiger partial charge is 0.463 e. The number of fused-ring (bicyclic) bond motifs is 1. The van der Waals surface area contributed by atoms with Gasteiger partial charge in [-0.25, -0.2) is 18.2 Å². The number of pyridine rings is 1.